The SMILES string of the molecule is Clc1sc(C2NCCc3sccc32)cc1Br. The molecule has 0 aliphatic carbocycles. The van der Waals surface area contributed by atoms with Crippen LogP contribution < -0.4 is 5.32 Å². The molecule has 1 N–H and O–H groups in total. The minimum Gasteiger partial charge on any atom is -0.305 e. The topological polar surface area (TPSA) is 12.0 Å². The maximum atomic E-state index is 6.10. The van der Waals surface area contributed by atoms with Gasteiger partial charge in [0.2, 0.25) is 0 Å². The summed E-state index contributed by atoms with van der Waals surface area (Å²) in [6.45, 7) is 1.05. The maximum Gasteiger partial charge on any atom is 0.107 e. The Balaban J connectivity index is 2.03. The van der Waals surface area contributed by atoms with E-state index < -0.39 is 0 Å². The van der Waals surface area contributed by atoms with E-state index in [-0.39, 0.29) is 0 Å². The number of hydrogen-bond acceptors (Lipinski definition) is 3. The molecule has 1 unspecified atom stereocenters. The molecule has 1 nitrogen and oxygen atoms in total. The van der Waals surface area contributed by atoms with E-state index in [9.17, 15) is 0 Å². The predicted molar refractivity (Wildman–Crippen MR) is 74.9 cm³/mol. The Hall–Kier alpha value is 0.130. The highest BCUT2D eigenvalue weighted by molar-refractivity contribution is 9.10. The third kappa shape index (κ3) is 1.87. The van der Waals surface area contributed by atoms with Gasteiger partial charge in [0, 0.05) is 20.8 Å². The van der Waals surface area contributed by atoms with Gasteiger partial charge < -0.3 is 5.32 Å². The van der Waals surface area contributed by atoms with E-state index in [4.69, 9.17) is 11.6 Å². The summed E-state index contributed by atoms with van der Waals surface area (Å²) in [7, 11) is 0. The molecule has 0 radical (unpaired) electrons. The van der Waals surface area contributed by atoms with Gasteiger partial charge in [0.05, 0.1) is 6.04 Å². The Morgan fingerprint density at radius 3 is 3.12 bits per heavy atom. The number of thiophene rings is 2. The molecule has 5 heteroatoms. The Morgan fingerprint density at radius 2 is 2.38 bits per heavy atom. The average molecular weight is 335 g/mol. The van der Waals surface area contributed by atoms with Crippen molar-refractivity contribution < 1.29 is 0 Å². The van der Waals surface area contributed by atoms with Gasteiger partial charge in [-0.2, -0.15) is 0 Å². The molecule has 3 rings (SSSR count). The number of nitrogens with one attached hydrogen (secondary N) is 1. The Morgan fingerprint density at radius 1 is 1.50 bits per heavy atom. The average Bonchev–Trinajstić information content (AvgIpc) is 2.85. The summed E-state index contributed by atoms with van der Waals surface area (Å²) in [4.78, 5) is 2.79. The fraction of sp³-hybridized carbons (Fsp3) is 0.273. The van der Waals surface area contributed by atoms with Crippen LogP contribution in [0, 0.1) is 0 Å². The van der Waals surface area contributed by atoms with Crippen LogP contribution in [0.15, 0.2) is 22.0 Å². The first-order valence-electron chi connectivity index (χ1n) is 5.00. The lowest BCUT2D eigenvalue weighted by molar-refractivity contribution is 0.582. The Kier molecular flexibility index (Phi) is 3.11. The molecule has 0 saturated carbocycles. The monoisotopic (exact) mass is 333 g/mol. The molecule has 0 amide bonds. The largest absolute Gasteiger partial charge is 0.305 e. The molecule has 3 heterocycles. The summed E-state index contributed by atoms with van der Waals surface area (Å²) >= 11 is 13.1. The third-order valence-electron chi connectivity index (χ3n) is 2.74. The van der Waals surface area contributed by atoms with E-state index in [1.54, 1.807) is 11.3 Å². The zero-order valence-corrected chi connectivity index (χ0v) is 12.3. The van der Waals surface area contributed by atoms with Crippen LogP contribution in [0.4, 0.5) is 0 Å². The van der Waals surface area contributed by atoms with E-state index in [2.05, 4.69) is 38.8 Å². The van der Waals surface area contributed by atoms with Crippen LogP contribution in [-0.2, 0) is 6.42 Å². The molecule has 0 bridgehead atoms. The lowest BCUT2D eigenvalue weighted by Gasteiger charge is -2.23. The molecule has 2 aromatic heterocycles. The summed E-state index contributed by atoms with van der Waals surface area (Å²) < 4.78 is 1.83. The highest BCUT2D eigenvalue weighted by atomic mass is 79.9. The van der Waals surface area contributed by atoms with Gasteiger partial charge in [-0.05, 0) is 45.4 Å². The van der Waals surface area contributed by atoms with Crippen LogP contribution >= 0.6 is 50.2 Å². The van der Waals surface area contributed by atoms with Gasteiger partial charge in [-0.25, -0.2) is 0 Å². The molecule has 0 spiro atoms. The molecular weight excluding hydrogens is 326 g/mol. The fourth-order valence-corrected chi connectivity index (χ4v) is 4.76. The molecule has 1 atom stereocenters. The first kappa shape index (κ1) is 11.2. The van der Waals surface area contributed by atoms with Crippen molar-refractivity contribution in [3.8, 4) is 0 Å². The second-order valence-corrected chi connectivity index (χ2v) is 7.25. The maximum absolute atomic E-state index is 6.10. The van der Waals surface area contributed by atoms with E-state index >= 15 is 0 Å². The van der Waals surface area contributed by atoms with Crippen LogP contribution in [0.25, 0.3) is 0 Å². The molecule has 16 heavy (non-hydrogen) atoms. The fourth-order valence-electron chi connectivity index (χ4n) is 2.01. The van der Waals surface area contributed by atoms with E-state index in [0.717, 1.165) is 21.8 Å². The quantitative estimate of drug-likeness (QED) is 0.812. The lowest BCUT2D eigenvalue weighted by Crippen LogP contribution is -2.28. The van der Waals surface area contributed by atoms with Gasteiger partial charge in [0.1, 0.15) is 4.34 Å². The Bertz CT molecular complexity index is 500. The molecule has 0 fully saturated rings. The Labute approximate surface area is 116 Å². The molecule has 1 aliphatic heterocycles. The van der Waals surface area contributed by atoms with Crippen LogP contribution in [0.2, 0.25) is 4.34 Å². The van der Waals surface area contributed by atoms with Crippen LogP contribution in [0.5, 0.6) is 0 Å². The summed E-state index contributed by atoms with van der Waals surface area (Å²) in [5, 5.41) is 5.73. The highest BCUT2D eigenvalue weighted by Gasteiger charge is 2.24. The summed E-state index contributed by atoms with van der Waals surface area (Å²) in [6.07, 6.45) is 1.14. The smallest absolute Gasteiger partial charge is 0.107 e. The van der Waals surface area contributed by atoms with Gasteiger partial charge in [-0.1, -0.05) is 11.6 Å². The number of halogens is 2. The van der Waals surface area contributed by atoms with Gasteiger partial charge in [0.15, 0.2) is 0 Å². The number of rotatable bonds is 1. The zero-order valence-electron chi connectivity index (χ0n) is 8.30. The second kappa shape index (κ2) is 4.42. The number of fused-ring (bicyclic) bond motifs is 1. The number of hydrogen-bond donors (Lipinski definition) is 1. The zero-order chi connectivity index (χ0) is 11.1. The van der Waals surface area contributed by atoms with Crippen molar-refractivity contribution in [1.82, 2.24) is 5.32 Å². The molecule has 0 saturated heterocycles. The van der Waals surface area contributed by atoms with Crippen molar-refractivity contribution >= 4 is 50.2 Å². The first-order chi connectivity index (χ1) is 7.75. The van der Waals surface area contributed by atoms with Crippen molar-refractivity contribution in [3.63, 3.8) is 0 Å². The molecule has 0 aromatic carbocycles. The van der Waals surface area contributed by atoms with Crippen LogP contribution in [0.1, 0.15) is 21.4 Å². The van der Waals surface area contributed by atoms with Crippen molar-refractivity contribution in [2.45, 2.75) is 12.5 Å². The normalized spacial score (nSPS) is 19.8. The third-order valence-corrected chi connectivity index (χ3v) is 6.28. The lowest BCUT2D eigenvalue weighted by atomic mass is 10.0. The second-order valence-electron chi connectivity index (χ2n) is 3.71. The molecular formula is C11H9BrClNS2. The van der Waals surface area contributed by atoms with Crippen LogP contribution in [0.3, 0.4) is 0 Å². The standard InChI is InChI=1S/C11H9BrClNS2/c12-7-5-9(16-11(7)13)10-6-2-4-15-8(6)1-3-14-10/h2,4-5,10,14H,1,3H2. The molecule has 84 valence electrons. The van der Waals surface area contributed by atoms with E-state index in [0.29, 0.717) is 6.04 Å². The predicted octanol–water partition coefficient (Wildman–Crippen LogP) is 4.46. The van der Waals surface area contributed by atoms with E-state index in [1.165, 1.54) is 15.3 Å². The minimum absolute atomic E-state index is 0.323. The van der Waals surface area contributed by atoms with Gasteiger partial charge in [0.25, 0.3) is 0 Å². The van der Waals surface area contributed by atoms with Crippen molar-refractivity contribution in [1.29, 1.82) is 0 Å². The van der Waals surface area contributed by atoms with Gasteiger partial charge in [-0.15, -0.1) is 22.7 Å². The summed E-state index contributed by atoms with van der Waals surface area (Å²) in [5.41, 5.74) is 1.42. The first-order valence-corrected chi connectivity index (χ1v) is 7.87. The highest BCUT2D eigenvalue weighted by Crippen LogP contribution is 2.40. The molecule has 1 aliphatic rings. The van der Waals surface area contributed by atoms with Gasteiger partial charge in [-0.3, -0.25) is 0 Å². The van der Waals surface area contributed by atoms with Crippen molar-refractivity contribution in [2.24, 2.45) is 0 Å². The minimum atomic E-state index is 0.323. The molecule has 2 aromatic rings. The van der Waals surface area contributed by atoms with Crippen LogP contribution in [-0.4, -0.2) is 6.54 Å². The van der Waals surface area contributed by atoms with Crippen molar-refractivity contribution in [3.05, 3.63) is 41.6 Å². The summed E-state index contributed by atoms with van der Waals surface area (Å²) in [6, 6.07) is 4.67. The summed E-state index contributed by atoms with van der Waals surface area (Å²) in [5.74, 6) is 0. The van der Waals surface area contributed by atoms with Crippen molar-refractivity contribution in [2.75, 3.05) is 6.54 Å². The van der Waals surface area contributed by atoms with Gasteiger partial charge >= 0.3 is 0 Å². The van der Waals surface area contributed by atoms with E-state index in [1.807, 2.05) is 11.3 Å².